The fourth-order valence-corrected chi connectivity index (χ4v) is 2.27. The van der Waals surface area contributed by atoms with Gasteiger partial charge in [-0.1, -0.05) is 15.9 Å². The van der Waals surface area contributed by atoms with Crippen LogP contribution in [0.5, 0.6) is 11.5 Å². The molecule has 0 spiro atoms. The van der Waals surface area contributed by atoms with Crippen molar-refractivity contribution in [3.05, 3.63) is 56.8 Å². The third kappa shape index (κ3) is 4.66. The number of hydrogen-bond donors (Lipinski definition) is 1. The molecule has 0 fully saturated rings. The molecule has 0 aliphatic rings. The molecule has 0 bridgehead atoms. The molecule has 9 heteroatoms. The number of nitrogens with one attached hydrogen (secondary N) is 1. The maximum absolute atomic E-state index is 13.8. The molecule has 0 unspecified atom stereocenters. The van der Waals surface area contributed by atoms with Gasteiger partial charge in [-0.05, 0) is 37.3 Å². The van der Waals surface area contributed by atoms with E-state index in [2.05, 4.69) is 21.2 Å². The minimum atomic E-state index is -1.09. The van der Waals surface area contributed by atoms with Crippen molar-refractivity contribution in [1.82, 2.24) is 0 Å². The lowest BCUT2D eigenvalue weighted by Crippen LogP contribution is -2.30. The average molecular weight is 413 g/mol. The van der Waals surface area contributed by atoms with E-state index in [0.717, 1.165) is 0 Å². The molecule has 0 radical (unpaired) electrons. The van der Waals surface area contributed by atoms with E-state index in [9.17, 15) is 19.3 Å². The number of nitrogens with zero attached hydrogens (tertiary/aromatic N) is 1. The van der Waals surface area contributed by atoms with Gasteiger partial charge in [0.15, 0.2) is 11.9 Å². The zero-order valence-electron chi connectivity index (χ0n) is 13.3. The van der Waals surface area contributed by atoms with Gasteiger partial charge in [0, 0.05) is 4.47 Å². The van der Waals surface area contributed by atoms with Gasteiger partial charge in [-0.3, -0.25) is 14.9 Å². The van der Waals surface area contributed by atoms with Gasteiger partial charge in [0.05, 0.1) is 23.8 Å². The summed E-state index contributed by atoms with van der Waals surface area (Å²) in [7, 11) is 1.38. The molecule has 0 saturated heterocycles. The van der Waals surface area contributed by atoms with Crippen molar-refractivity contribution in [2.75, 3.05) is 12.4 Å². The van der Waals surface area contributed by atoms with Crippen LogP contribution in [0.4, 0.5) is 15.8 Å². The monoisotopic (exact) mass is 412 g/mol. The molecule has 7 nitrogen and oxygen atoms in total. The van der Waals surface area contributed by atoms with Crippen molar-refractivity contribution in [3.8, 4) is 11.5 Å². The van der Waals surface area contributed by atoms with Crippen molar-refractivity contribution in [3.63, 3.8) is 0 Å². The second-order valence-corrected chi connectivity index (χ2v) is 5.88. The first-order valence-corrected chi connectivity index (χ1v) is 7.86. The Hall–Kier alpha value is -2.68. The maximum Gasteiger partial charge on any atom is 0.314 e. The largest absolute Gasteiger partial charge is 0.496 e. The molecule has 2 aromatic rings. The van der Waals surface area contributed by atoms with Crippen LogP contribution in [0.25, 0.3) is 0 Å². The SMILES string of the molecule is COc1ccc(O[C@@H](C)C(=O)Nc2ccc(Br)cc2F)c([N+](=O)[O-])c1. The van der Waals surface area contributed by atoms with E-state index in [-0.39, 0.29) is 22.9 Å². The van der Waals surface area contributed by atoms with Gasteiger partial charge in [0.2, 0.25) is 0 Å². The van der Waals surface area contributed by atoms with Crippen LogP contribution in [0.15, 0.2) is 40.9 Å². The number of halogens is 2. The zero-order chi connectivity index (χ0) is 18.6. The zero-order valence-corrected chi connectivity index (χ0v) is 14.9. The number of anilines is 1. The van der Waals surface area contributed by atoms with Gasteiger partial charge in [0.1, 0.15) is 11.6 Å². The molecule has 0 aliphatic carbocycles. The van der Waals surface area contributed by atoms with Crippen LogP contribution >= 0.6 is 15.9 Å². The Morgan fingerprint density at radius 2 is 2.04 bits per heavy atom. The van der Waals surface area contributed by atoms with Crippen molar-refractivity contribution in [2.45, 2.75) is 13.0 Å². The van der Waals surface area contributed by atoms with Crippen molar-refractivity contribution in [2.24, 2.45) is 0 Å². The third-order valence-corrected chi connectivity index (χ3v) is 3.72. The predicted molar refractivity (Wildman–Crippen MR) is 92.5 cm³/mol. The number of nitro benzene ring substituents is 1. The van der Waals surface area contributed by atoms with E-state index in [1.165, 1.54) is 44.4 Å². The first-order chi connectivity index (χ1) is 11.8. The second-order valence-electron chi connectivity index (χ2n) is 4.96. The molecule has 1 N–H and O–H groups in total. The Labute approximate surface area is 151 Å². The average Bonchev–Trinajstić information content (AvgIpc) is 2.57. The molecule has 2 rings (SSSR count). The third-order valence-electron chi connectivity index (χ3n) is 3.22. The van der Waals surface area contributed by atoms with Crippen LogP contribution in [0, 0.1) is 15.9 Å². The first kappa shape index (κ1) is 18.7. The minimum absolute atomic E-state index is 0.0205. The lowest BCUT2D eigenvalue weighted by Gasteiger charge is -2.15. The van der Waals surface area contributed by atoms with Crippen LogP contribution in [0.1, 0.15) is 6.92 Å². The lowest BCUT2D eigenvalue weighted by molar-refractivity contribution is -0.386. The molecule has 0 aliphatic heterocycles. The summed E-state index contributed by atoms with van der Waals surface area (Å²) in [6, 6.07) is 8.16. The highest BCUT2D eigenvalue weighted by molar-refractivity contribution is 9.10. The smallest absolute Gasteiger partial charge is 0.314 e. The standard InChI is InChI=1S/C16H14BrFN2O5/c1-9(16(21)19-13-5-3-10(17)7-12(13)18)25-15-6-4-11(24-2)8-14(15)20(22)23/h3-9H,1-2H3,(H,19,21)/t9-/m0/s1. The fourth-order valence-electron chi connectivity index (χ4n) is 1.94. The number of carbonyl (C=O) groups excluding carboxylic acids is 1. The quantitative estimate of drug-likeness (QED) is 0.573. The van der Waals surface area contributed by atoms with E-state index in [4.69, 9.17) is 9.47 Å². The van der Waals surface area contributed by atoms with Crippen LogP contribution in [0.2, 0.25) is 0 Å². The Kier molecular flexibility index (Phi) is 5.92. The Morgan fingerprint density at radius 1 is 1.32 bits per heavy atom. The van der Waals surface area contributed by atoms with Crippen LogP contribution in [-0.4, -0.2) is 24.0 Å². The molecular weight excluding hydrogens is 399 g/mol. The molecule has 25 heavy (non-hydrogen) atoms. The molecule has 1 amide bonds. The predicted octanol–water partition coefficient (Wildman–Crippen LogP) is 3.91. The number of benzene rings is 2. The normalized spacial score (nSPS) is 11.5. The van der Waals surface area contributed by atoms with Crippen molar-refractivity contribution >= 4 is 33.2 Å². The maximum atomic E-state index is 13.8. The Balaban J connectivity index is 2.14. The van der Waals surface area contributed by atoms with Gasteiger partial charge in [-0.2, -0.15) is 0 Å². The van der Waals surface area contributed by atoms with Crippen molar-refractivity contribution < 1.29 is 23.6 Å². The summed E-state index contributed by atoms with van der Waals surface area (Å²) in [6.45, 7) is 1.40. The van der Waals surface area contributed by atoms with E-state index in [1.807, 2.05) is 0 Å². The Morgan fingerprint density at radius 3 is 2.64 bits per heavy atom. The van der Waals surface area contributed by atoms with Gasteiger partial charge in [-0.15, -0.1) is 0 Å². The van der Waals surface area contributed by atoms with Crippen LogP contribution in [0.3, 0.4) is 0 Å². The van der Waals surface area contributed by atoms with Gasteiger partial charge >= 0.3 is 5.69 Å². The second kappa shape index (κ2) is 7.93. The molecule has 1 atom stereocenters. The van der Waals surface area contributed by atoms with Gasteiger partial charge in [-0.25, -0.2) is 4.39 Å². The number of methoxy groups -OCH3 is 1. The van der Waals surface area contributed by atoms with Crippen molar-refractivity contribution in [1.29, 1.82) is 0 Å². The molecular formula is C16H14BrFN2O5. The molecule has 0 saturated carbocycles. The molecule has 0 aromatic heterocycles. The summed E-state index contributed by atoms with van der Waals surface area (Å²) >= 11 is 3.12. The van der Waals surface area contributed by atoms with Gasteiger partial charge < -0.3 is 14.8 Å². The topological polar surface area (TPSA) is 90.7 Å². The number of rotatable bonds is 6. The first-order valence-electron chi connectivity index (χ1n) is 7.07. The van der Waals surface area contributed by atoms with Gasteiger partial charge in [0.25, 0.3) is 5.91 Å². The van der Waals surface area contributed by atoms with E-state index in [0.29, 0.717) is 4.47 Å². The molecule has 0 heterocycles. The fraction of sp³-hybridized carbons (Fsp3) is 0.188. The summed E-state index contributed by atoms with van der Waals surface area (Å²) in [5, 5.41) is 13.5. The van der Waals surface area contributed by atoms with E-state index >= 15 is 0 Å². The van der Waals surface area contributed by atoms with Crippen LogP contribution in [-0.2, 0) is 4.79 Å². The minimum Gasteiger partial charge on any atom is -0.496 e. The number of ether oxygens (including phenoxy) is 2. The van der Waals surface area contributed by atoms with Crippen LogP contribution < -0.4 is 14.8 Å². The molecule has 2 aromatic carbocycles. The summed E-state index contributed by atoms with van der Waals surface area (Å²) in [4.78, 5) is 22.6. The highest BCUT2D eigenvalue weighted by Crippen LogP contribution is 2.32. The summed E-state index contributed by atoms with van der Waals surface area (Å²) in [5.74, 6) is -1.07. The van der Waals surface area contributed by atoms with E-state index in [1.54, 1.807) is 6.07 Å². The number of nitro groups is 1. The van der Waals surface area contributed by atoms with E-state index < -0.39 is 22.8 Å². The number of hydrogen-bond acceptors (Lipinski definition) is 5. The summed E-state index contributed by atoms with van der Waals surface area (Å²) in [5.41, 5.74) is -0.360. The Bertz CT molecular complexity index is 815. The summed E-state index contributed by atoms with van der Waals surface area (Å²) < 4.78 is 24.6. The summed E-state index contributed by atoms with van der Waals surface area (Å²) in [6.07, 6.45) is -1.09. The number of carbonyl (C=O) groups is 1. The number of amides is 1. The highest BCUT2D eigenvalue weighted by atomic mass is 79.9. The molecule has 132 valence electrons. The lowest BCUT2D eigenvalue weighted by atomic mass is 10.2. The highest BCUT2D eigenvalue weighted by Gasteiger charge is 2.22.